The van der Waals surface area contributed by atoms with Crippen molar-refractivity contribution in [3.8, 4) is 0 Å². The predicted octanol–water partition coefficient (Wildman–Crippen LogP) is -31.1. The van der Waals surface area contributed by atoms with Crippen LogP contribution in [-0.2, 0) is 253 Å². The molecule has 0 rings (SSSR count). The zero-order valence-electron chi connectivity index (χ0n) is 25.1. The maximum absolute atomic E-state index is 7.30. The maximum Gasteiger partial charge on any atom is 0.564 e. The van der Waals surface area contributed by atoms with Gasteiger partial charge in [0.25, 0.3) is 0 Å². The van der Waals surface area contributed by atoms with E-state index in [1.54, 1.807) is 0 Å². The van der Waals surface area contributed by atoms with E-state index in [2.05, 4.69) is 0 Å². The first-order valence-corrected chi connectivity index (χ1v) is 2.40. The molecular formula is H76Mo6O40PW6+. The van der Waals surface area contributed by atoms with E-state index in [1.165, 1.54) is 0 Å². The Kier molecular flexibility index (Phi) is 37500. The molecule has 0 aliphatic carbocycles. The van der Waals surface area contributed by atoms with Gasteiger partial charge in [0.15, 0.2) is 0 Å². The van der Waals surface area contributed by atoms with Gasteiger partial charge in [0.1, 0.15) is 0 Å². The summed E-state index contributed by atoms with van der Waals surface area (Å²) in [5, 5.41) is 0. The van der Waals surface area contributed by atoms with Crippen LogP contribution in [0.3, 0.4) is 0 Å². The van der Waals surface area contributed by atoms with Gasteiger partial charge in [-0.25, -0.2) is 0 Å². The molecule has 0 amide bonds. The largest absolute Gasteiger partial charge is 0.564 e. The first-order valence-electron chi connectivity index (χ1n) is 0.800. The molecule has 40 nitrogen and oxygen atoms in total. The van der Waals surface area contributed by atoms with E-state index in [1.807, 2.05) is 0 Å². The third kappa shape index (κ3) is 3830. The second-order valence-corrected chi connectivity index (χ2v) is 1.61. The SMILES string of the molecule is O.O.O.O.O.O.O.O.O.O.O.O.O.O.O.O.O.O.O.O.O.O.O.O.O.O.O.O.O.O.O.O.O.O.O.O.O[P+](O)(O)O.[Mo].[Mo].[Mo].[Mo].[Mo].[Mo].[W].[W].[W].[W].[W].[W]. The van der Waals surface area contributed by atoms with Gasteiger partial charge >= 0.3 is 8.17 Å². The molecular weight excluding hydrogens is 2350 g/mol. The van der Waals surface area contributed by atoms with Crippen LogP contribution in [0.4, 0.5) is 0 Å². The topological polar surface area (TPSA) is 1210 Å². The second-order valence-electron chi connectivity index (χ2n) is 0.537. The standard InChI is InChI=1S/6Mo.H4O4P.36H2O.6W/c;;;;;;1-5(2,3)4;;;;;;;;;;;;;;;;;;;;;;;;;;;;;;;;;;;;;;;;;;/h;;;;;;1-4H;36*1H2;;;;;;/q;;;;;;+1;;;;;;;;;;;;;;;;;;;;;;;;;;;;;;;;;;;;;;;;;;. The molecule has 0 unspecified atom stereocenters. The average Bonchev–Trinajstić information content (AvgIpc) is 0.722. The van der Waals surface area contributed by atoms with Crippen LogP contribution >= 0.6 is 8.17 Å². The van der Waals surface area contributed by atoms with Crippen LogP contribution in [0.15, 0.2) is 0 Å². The van der Waals surface area contributed by atoms with E-state index < -0.39 is 8.17 Å². The Labute approximate surface area is 471 Å². The van der Waals surface area contributed by atoms with Crippen LogP contribution in [0.5, 0.6) is 0 Å². The molecule has 0 spiro atoms. The van der Waals surface area contributed by atoms with E-state index in [9.17, 15) is 0 Å². The summed E-state index contributed by atoms with van der Waals surface area (Å²) < 4.78 is 0. The van der Waals surface area contributed by atoms with Crippen LogP contribution in [0.25, 0.3) is 0 Å². The Bertz CT molecular complexity index is 75.2. The van der Waals surface area contributed by atoms with Crippen molar-refractivity contribution in [1.82, 2.24) is 0 Å². The van der Waals surface area contributed by atoms with Crippen molar-refractivity contribution in [2.45, 2.75) is 0 Å². The average molecular weight is 2430 g/mol. The molecule has 0 bridgehead atoms. The van der Waals surface area contributed by atoms with Gasteiger partial charge in [-0.2, -0.15) is 19.6 Å². The van der Waals surface area contributed by atoms with Gasteiger partial charge in [0.05, 0.1) is 0 Å². The van der Waals surface area contributed by atoms with Gasteiger partial charge in [0, 0.05) is 253 Å². The van der Waals surface area contributed by atoms with E-state index >= 15 is 0 Å². The minimum Gasteiger partial charge on any atom is -0.412 e. The Balaban J connectivity index is -0.0000000000709. The van der Waals surface area contributed by atoms with Gasteiger partial charge in [-0.3, -0.25) is 0 Å². The summed E-state index contributed by atoms with van der Waals surface area (Å²) in [5.41, 5.74) is 0. The molecule has 0 aliphatic rings. The maximum atomic E-state index is 7.30. The quantitative estimate of drug-likeness (QED) is 0.136. The molecule has 0 aromatic carbocycles. The van der Waals surface area contributed by atoms with E-state index in [0.29, 0.717) is 0 Å². The summed E-state index contributed by atoms with van der Waals surface area (Å²) in [6.07, 6.45) is 0. The van der Waals surface area contributed by atoms with Gasteiger partial charge in [-0.05, 0) is 0 Å². The molecule has 0 heterocycles. The molecule has 0 aromatic rings. The minimum atomic E-state index is -4.39. The smallest absolute Gasteiger partial charge is 0.412 e. The molecule has 76 N–H and O–H groups in total. The van der Waals surface area contributed by atoms with E-state index in [-0.39, 0.29) is 450 Å². The number of hydrogen-bond acceptors (Lipinski definition) is 4. The Morgan fingerprint density at radius 3 is 0.132 bits per heavy atom. The summed E-state index contributed by atoms with van der Waals surface area (Å²) in [4.78, 5) is 29.2. The summed E-state index contributed by atoms with van der Waals surface area (Å²) in [5.74, 6) is 0. The summed E-state index contributed by atoms with van der Waals surface area (Å²) in [7, 11) is -4.39. The molecule has 392 valence electrons. The van der Waals surface area contributed by atoms with E-state index in [0.717, 1.165) is 0 Å². The van der Waals surface area contributed by atoms with Crippen molar-refractivity contribution in [1.29, 1.82) is 0 Å². The summed E-state index contributed by atoms with van der Waals surface area (Å²) >= 11 is 0. The van der Waals surface area contributed by atoms with Crippen LogP contribution in [0.1, 0.15) is 0 Å². The molecule has 0 fully saturated rings. The van der Waals surface area contributed by atoms with Gasteiger partial charge in [0.2, 0.25) is 0 Å². The first-order chi connectivity index (χ1) is 2.00. The molecule has 0 aromatic heterocycles. The van der Waals surface area contributed by atoms with Crippen LogP contribution in [0.2, 0.25) is 0 Å². The van der Waals surface area contributed by atoms with Crippen LogP contribution < -0.4 is 0 Å². The third-order valence-corrected chi connectivity index (χ3v) is 0. The Hall–Kier alpha value is 7.09. The molecule has 0 saturated heterocycles. The van der Waals surface area contributed by atoms with E-state index in [4.69, 9.17) is 19.6 Å². The van der Waals surface area contributed by atoms with Crippen molar-refractivity contribution in [3.63, 3.8) is 0 Å². The van der Waals surface area contributed by atoms with Crippen molar-refractivity contribution in [3.05, 3.63) is 0 Å². The van der Waals surface area contributed by atoms with Gasteiger partial charge in [-0.15, -0.1) is 0 Å². The summed E-state index contributed by atoms with van der Waals surface area (Å²) in [6.45, 7) is 0. The molecule has 0 saturated carbocycles. The third-order valence-electron chi connectivity index (χ3n) is 0. The number of rotatable bonds is 0. The van der Waals surface area contributed by atoms with Crippen molar-refractivity contribution in [2.75, 3.05) is 0 Å². The van der Waals surface area contributed by atoms with Gasteiger partial charge < -0.3 is 197 Å². The van der Waals surface area contributed by atoms with Crippen LogP contribution in [0, 0.1) is 0 Å². The van der Waals surface area contributed by atoms with Crippen molar-refractivity contribution >= 4 is 8.17 Å². The monoisotopic (exact) mass is 2440 g/mol. The predicted molar refractivity (Wildman–Crippen MR) is 146 cm³/mol. The normalized spacial score (nSPS) is 1.13. The molecule has 0 radical (unpaired) electrons. The fourth-order valence-electron chi connectivity index (χ4n) is 0. The van der Waals surface area contributed by atoms with Crippen LogP contribution in [-0.4, -0.2) is 217 Å². The minimum absolute atomic E-state index is 0. The summed E-state index contributed by atoms with van der Waals surface area (Å²) in [6, 6.07) is 0. The molecule has 0 aliphatic heterocycles. The zero-order chi connectivity index (χ0) is 4.50. The molecule has 53 heteroatoms. The Morgan fingerprint density at radius 1 is 0.132 bits per heavy atom. The molecule has 53 heavy (non-hydrogen) atoms. The second kappa shape index (κ2) is 1160. The first kappa shape index (κ1) is 1710. The Morgan fingerprint density at radius 2 is 0.132 bits per heavy atom. The fraction of sp³-hybridized carbons (Fsp3) is 0. The zero-order valence-corrected chi connectivity index (χ0v) is 55.7. The van der Waals surface area contributed by atoms with Gasteiger partial charge in [-0.1, -0.05) is 0 Å². The van der Waals surface area contributed by atoms with Crippen molar-refractivity contribution < 1.29 is 469 Å². The molecule has 0 atom stereocenters. The fourth-order valence-corrected chi connectivity index (χ4v) is 0. The van der Waals surface area contributed by atoms with Crippen molar-refractivity contribution in [2.24, 2.45) is 0 Å². The number of hydrogen-bond donors (Lipinski definition) is 4.